The molecule has 0 bridgehead atoms. The number of carbonyl (C=O) groups is 14. The van der Waals surface area contributed by atoms with Gasteiger partial charge in [-0.3, -0.25) is 67.1 Å². The molecule has 2 aliphatic heterocycles. The van der Waals surface area contributed by atoms with Crippen LogP contribution in [-0.2, 0) is 135 Å². The highest BCUT2D eigenvalue weighted by Crippen LogP contribution is 2.30. The van der Waals surface area contributed by atoms with Crippen LogP contribution in [0.4, 0.5) is 0 Å². The van der Waals surface area contributed by atoms with Gasteiger partial charge in [0.2, 0.25) is 41.4 Å². The van der Waals surface area contributed by atoms with E-state index in [0.717, 1.165) is 78.2 Å². The van der Waals surface area contributed by atoms with Crippen LogP contribution in [0.5, 0.6) is 0 Å². The third kappa shape index (κ3) is 42.6. The maximum Gasteiger partial charge on any atom is 0.306 e. The van der Waals surface area contributed by atoms with Crippen LogP contribution >= 0.6 is 0 Å². The van der Waals surface area contributed by atoms with E-state index < -0.39 is 115 Å². The van der Waals surface area contributed by atoms with Crippen LogP contribution in [0.3, 0.4) is 0 Å². The Morgan fingerprint density at radius 2 is 0.736 bits per heavy atom. The summed E-state index contributed by atoms with van der Waals surface area (Å²) in [6, 6.07) is 6.68. The fourth-order valence-corrected chi connectivity index (χ4v) is 11.1. The van der Waals surface area contributed by atoms with Crippen molar-refractivity contribution in [2.75, 3.05) is 79.0 Å². The van der Waals surface area contributed by atoms with E-state index in [9.17, 15) is 67.1 Å². The predicted molar refractivity (Wildman–Crippen MR) is 374 cm³/mol. The van der Waals surface area contributed by atoms with Crippen LogP contribution in [-0.4, -0.2) is 229 Å². The molecule has 0 spiro atoms. The Kier molecular flexibility index (Phi) is 46.9. The minimum atomic E-state index is -1.27. The van der Waals surface area contributed by atoms with Gasteiger partial charge in [-0.2, -0.15) is 0 Å². The molecule has 106 heavy (non-hydrogen) atoms. The van der Waals surface area contributed by atoms with E-state index in [-0.39, 0.29) is 153 Å². The Morgan fingerprint density at radius 1 is 0.377 bits per heavy atom. The molecular weight excluding hydrogens is 1390 g/mol. The lowest BCUT2D eigenvalue weighted by Crippen LogP contribution is -2.66. The van der Waals surface area contributed by atoms with Crippen molar-refractivity contribution in [1.82, 2.24) is 37.2 Å². The summed E-state index contributed by atoms with van der Waals surface area (Å²) in [7, 11) is 0. The molecule has 2 heterocycles. The van der Waals surface area contributed by atoms with Crippen molar-refractivity contribution in [1.29, 1.82) is 0 Å². The Bertz CT molecular complexity index is 2750. The van der Waals surface area contributed by atoms with Crippen molar-refractivity contribution in [3.63, 3.8) is 0 Å². The molecule has 0 saturated carbocycles. The molecule has 0 unspecified atom stereocenters. The summed E-state index contributed by atoms with van der Waals surface area (Å²) in [5.74, 6) is -6.80. The van der Waals surface area contributed by atoms with E-state index >= 15 is 0 Å². The maximum absolute atomic E-state index is 13.2. The van der Waals surface area contributed by atoms with Gasteiger partial charge in [0.15, 0.2) is 37.0 Å². The lowest BCUT2D eigenvalue weighted by molar-refractivity contribution is -0.277. The van der Waals surface area contributed by atoms with Gasteiger partial charge in [0.25, 0.3) is 0 Å². The van der Waals surface area contributed by atoms with Gasteiger partial charge in [-0.15, -0.1) is 0 Å². The lowest BCUT2D eigenvalue weighted by atomic mass is 9.96. The van der Waals surface area contributed by atoms with Crippen LogP contribution in [0.25, 0.3) is 0 Å². The van der Waals surface area contributed by atoms with Crippen molar-refractivity contribution in [3.05, 3.63) is 35.9 Å². The zero-order valence-corrected chi connectivity index (χ0v) is 62.6. The normalized spacial score (nSPS) is 19.6. The van der Waals surface area contributed by atoms with Gasteiger partial charge in [-0.05, 0) is 56.9 Å². The second-order valence-electron chi connectivity index (χ2n) is 25.6. The van der Waals surface area contributed by atoms with Gasteiger partial charge in [-0.25, -0.2) is 0 Å². The molecule has 34 nitrogen and oxygen atoms in total. The van der Waals surface area contributed by atoms with Gasteiger partial charge in [0, 0.05) is 133 Å². The molecule has 34 heteroatoms. The summed E-state index contributed by atoms with van der Waals surface area (Å²) < 4.78 is 72.9. The average Bonchev–Trinajstić information content (AvgIpc) is 0.793. The first kappa shape index (κ1) is 91.8. The SMILES string of the molecule is CC(=O)N[C@H]1[C@H](OCCCCC(=O)NCCCNC(=O)CCOCC(COCCC(=O)NCCCNC(=O)CCCCO[C@@H]2O[C@H](COC(C)=O)[C@H](OC(C)=O)[C@H](OC(C)=O)[C@H]2NC(C)=O)NC(=O)CCCCCCCCCCC(=O)OCc2ccccc2)O[C@H](COC(C)=O)[C@H](OC(C)=O)[C@@H]1OC(C)=O. The third-order valence-corrected chi connectivity index (χ3v) is 16.0. The van der Waals surface area contributed by atoms with Crippen molar-refractivity contribution in [3.8, 4) is 0 Å². The molecular formula is C72H113N7O27. The van der Waals surface area contributed by atoms with E-state index in [4.69, 9.17) is 61.6 Å². The average molecular weight is 1510 g/mol. The molecule has 2 fully saturated rings. The molecule has 10 atom stereocenters. The van der Waals surface area contributed by atoms with Crippen LogP contribution < -0.4 is 37.2 Å². The maximum atomic E-state index is 13.2. The van der Waals surface area contributed by atoms with Crippen LogP contribution in [0.1, 0.15) is 189 Å². The summed E-state index contributed by atoms with van der Waals surface area (Å²) in [4.78, 5) is 172. The topological polar surface area (TPSA) is 443 Å². The minimum absolute atomic E-state index is 0.00708. The molecule has 7 amide bonds. The summed E-state index contributed by atoms with van der Waals surface area (Å²) in [5.41, 5.74) is 0.947. The molecule has 7 N–H and O–H groups in total. The fourth-order valence-electron chi connectivity index (χ4n) is 11.1. The van der Waals surface area contributed by atoms with Crippen LogP contribution in [0, 0.1) is 0 Å². The third-order valence-electron chi connectivity index (χ3n) is 16.0. The van der Waals surface area contributed by atoms with E-state index in [1.54, 1.807) is 0 Å². The van der Waals surface area contributed by atoms with Gasteiger partial charge < -0.3 is 98.8 Å². The molecule has 2 saturated heterocycles. The van der Waals surface area contributed by atoms with Crippen LogP contribution in [0.2, 0.25) is 0 Å². The second-order valence-corrected chi connectivity index (χ2v) is 25.6. The monoisotopic (exact) mass is 1510 g/mol. The number of unbranched alkanes of at least 4 members (excludes halogenated alkanes) is 9. The highest BCUT2D eigenvalue weighted by Gasteiger charge is 2.53. The van der Waals surface area contributed by atoms with Gasteiger partial charge in [0.05, 0.1) is 32.5 Å². The zero-order chi connectivity index (χ0) is 78.0. The zero-order valence-electron chi connectivity index (χ0n) is 62.6. The first-order valence-electron chi connectivity index (χ1n) is 36.5. The number of nitrogens with one attached hydrogen (secondary N) is 7. The Labute approximate surface area is 619 Å². The van der Waals surface area contributed by atoms with Crippen molar-refractivity contribution >= 4 is 83.1 Å². The molecule has 2 aliphatic rings. The molecule has 3 rings (SSSR count). The number of hydrogen-bond acceptors (Lipinski definition) is 27. The van der Waals surface area contributed by atoms with Gasteiger partial charge >= 0.3 is 41.8 Å². The number of ether oxygens (including phenoxy) is 13. The van der Waals surface area contributed by atoms with E-state index in [2.05, 4.69) is 37.2 Å². The quantitative estimate of drug-likeness (QED) is 0.0280. The standard InChI is InChI=1S/C72H113N7O27/c1-47(80)77-65-69(103-53(7)86)67(101-51(5)84)57(45-98-49(3)82)105-71(65)96-38-22-20-28-59(88)73-34-24-36-75-61(90)32-40-94-43-56(79-63(92)30-18-13-11-9-10-12-14-19-31-64(93)100-42-55-26-16-15-17-27-55)44-95-41-33-62(91)76-37-25-35-74-60(89)29-21-23-39-97-72-66(78-48(2)81)70(104-54(8)87)68(102-52(6)85)58(106-72)46-99-50(4)83/h15-17,26-27,56-58,65-72H,9-14,18-25,28-46H2,1-8H3,(H,73,88)(H,74,89)(H,75,90)(H,76,91)(H,77,80)(H,78,81)(H,79,92)/t57-,58-,65-,66-,67+,68+,69-,70-,71-,72-/m1/s1. The summed E-state index contributed by atoms with van der Waals surface area (Å²) in [5, 5.41) is 19.4. The predicted octanol–water partition coefficient (Wildman–Crippen LogP) is 2.86. The molecule has 0 aromatic heterocycles. The molecule has 0 radical (unpaired) electrons. The number of rotatable bonds is 54. The minimum Gasteiger partial charge on any atom is -0.463 e. The first-order chi connectivity index (χ1) is 50.7. The smallest absolute Gasteiger partial charge is 0.306 e. The highest BCUT2D eigenvalue weighted by atomic mass is 16.7. The first-order valence-corrected chi connectivity index (χ1v) is 36.5. The van der Waals surface area contributed by atoms with Gasteiger partial charge in [0.1, 0.15) is 44.1 Å². The fraction of sp³-hybridized carbons (Fsp3) is 0.722. The van der Waals surface area contributed by atoms with Crippen molar-refractivity contribution in [2.45, 2.75) is 258 Å². The number of amides is 7. The molecule has 1 aromatic carbocycles. The summed E-state index contributed by atoms with van der Waals surface area (Å²) in [6.07, 6.45) is 0.661. The number of esters is 7. The van der Waals surface area contributed by atoms with E-state index in [1.807, 2.05) is 30.3 Å². The molecule has 0 aliphatic carbocycles. The van der Waals surface area contributed by atoms with Crippen molar-refractivity contribution in [2.24, 2.45) is 0 Å². The number of benzene rings is 1. The molecule has 1 aromatic rings. The Balaban J connectivity index is 1.38. The molecule has 598 valence electrons. The lowest BCUT2D eigenvalue weighted by Gasteiger charge is -2.44. The Morgan fingerprint density at radius 3 is 1.12 bits per heavy atom. The highest BCUT2D eigenvalue weighted by molar-refractivity contribution is 5.78. The summed E-state index contributed by atoms with van der Waals surface area (Å²) >= 11 is 0. The second kappa shape index (κ2) is 54.2. The largest absolute Gasteiger partial charge is 0.463 e. The number of carbonyl (C=O) groups excluding carboxylic acids is 14. The van der Waals surface area contributed by atoms with Crippen molar-refractivity contribution < 1.29 is 129 Å². The van der Waals surface area contributed by atoms with Gasteiger partial charge in [-0.1, -0.05) is 68.9 Å². The van der Waals surface area contributed by atoms with Crippen LogP contribution in [0.15, 0.2) is 30.3 Å². The summed E-state index contributed by atoms with van der Waals surface area (Å²) in [6.45, 7) is 10.1. The Hall–Kier alpha value is -8.44. The van der Waals surface area contributed by atoms with E-state index in [0.29, 0.717) is 51.4 Å². The number of hydrogen-bond donors (Lipinski definition) is 7. The van der Waals surface area contributed by atoms with E-state index in [1.165, 1.54) is 27.7 Å².